The molecule has 0 heterocycles. The van der Waals surface area contributed by atoms with Gasteiger partial charge in [0.25, 0.3) is 9.84 Å². The molecule has 0 aliphatic heterocycles. The maximum atomic E-state index is 12.8. The molecule has 0 radical (unpaired) electrons. The average Bonchev–Trinajstić information content (AvgIpc) is 2.43. The van der Waals surface area contributed by atoms with Gasteiger partial charge < -0.3 is 0 Å². The molecule has 0 aliphatic rings. The zero-order chi connectivity index (χ0) is 15.3. The lowest BCUT2D eigenvalue weighted by Crippen LogP contribution is -2.23. The van der Waals surface area contributed by atoms with Gasteiger partial charge in [0.05, 0.1) is 4.90 Å². The van der Waals surface area contributed by atoms with Crippen LogP contribution in [0, 0.1) is 0 Å². The monoisotopic (exact) mass is 310 g/mol. The molecule has 0 saturated carbocycles. The van der Waals surface area contributed by atoms with Crippen LogP contribution < -0.4 is 0 Å². The van der Waals surface area contributed by atoms with Gasteiger partial charge in [0, 0.05) is 5.39 Å². The lowest BCUT2D eigenvalue weighted by Gasteiger charge is -2.11. The van der Waals surface area contributed by atoms with Crippen LogP contribution in [0.1, 0.15) is 0 Å². The van der Waals surface area contributed by atoms with Crippen LogP contribution in [0.25, 0.3) is 21.5 Å². The molecule has 108 valence electrons. The Labute approximate surface area is 118 Å². The highest BCUT2D eigenvalue weighted by Gasteiger charge is 2.47. The van der Waals surface area contributed by atoms with E-state index in [9.17, 15) is 21.6 Å². The van der Waals surface area contributed by atoms with Crippen molar-refractivity contribution in [2.24, 2.45) is 0 Å². The smallest absolute Gasteiger partial charge is 0.214 e. The Morgan fingerprint density at radius 1 is 0.762 bits per heavy atom. The fourth-order valence-corrected chi connectivity index (χ4v) is 3.27. The van der Waals surface area contributed by atoms with Crippen LogP contribution in [0.15, 0.2) is 59.5 Å². The molecular weight excluding hydrogens is 301 g/mol. The van der Waals surface area contributed by atoms with Crippen LogP contribution in [0.5, 0.6) is 0 Å². The van der Waals surface area contributed by atoms with Gasteiger partial charge in [-0.15, -0.1) is 0 Å². The van der Waals surface area contributed by atoms with Crippen molar-refractivity contribution < 1.29 is 21.6 Å². The first-order chi connectivity index (χ1) is 9.80. The van der Waals surface area contributed by atoms with Crippen molar-refractivity contribution in [2.45, 2.75) is 10.4 Å². The molecule has 3 aromatic carbocycles. The van der Waals surface area contributed by atoms with Gasteiger partial charge in [-0.25, -0.2) is 8.42 Å². The predicted octanol–water partition coefficient (Wildman–Crippen LogP) is 4.29. The molecule has 0 saturated heterocycles. The lowest BCUT2D eigenvalue weighted by atomic mass is 10.0. The van der Waals surface area contributed by atoms with Crippen molar-refractivity contribution in [3.05, 3.63) is 54.6 Å². The number of benzene rings is 3. The molecule has 21 heavy (non-hydrogen) atoms. The minimum absolute atomic E-state index is 0.0773. The minimum atomic E-state index is -5.37. The molecular formula is C15H9F3O2S. The number of rotatable bonds is 1. The Balaban J connectivity index is 2.42. The summed E-state index contributed by atoms with van der Waals surface area (Å²) in [7, 11) is -5.37. The van der Waals surface area contributed by atoms with Gasteiger partial charge in [0.2, 0.25) is 0 Å². The summed E-state index contributed by atoms with van der Waals surface area (Å²) in [5.74, 6) is 0. The number of halogens is 3. The molecule has 0 N–H and O–H groups in total. The van der Waals surface area contributed by atoms with E-state index in [0.29, 0.717) is 10.8 Å². The van der Waals surface area contributed by atoms with Crippen molar-refractivity contribution in [1.82, 2.24) is 0 Å². The van der Waals surface area contributed by atoms with E-state index < -0.39 is 20.2 Å². The van der Waals surface area contributed by atoms with E-state index in [-0.39, 0.29) is 5.39 Å². The van der Waals surface area contributed by atoms with Crippen LogP contribution >= 0.6 is 0 Å². The van der Waals surface area contributed by atoms with Crippen molar-refractivity contribution in [1.29, 1.82) is 0 Å². The van der Waals surface area contributed by atoms with Crippen molar-refractivity contribution >= 4 is 31.4 Å². The van der Waals surface area contributed by atoms with E-state index in [2.05, 4.69) is 0 Å². The summed E-state index contributed by atoms with van der Waals surface area (Å²) in [4.78, 5) is -0.710. The van der Waals surface area contributed by atoms with Crippen LogP contribution in [0.2, 0.25) is 0 Å². The summed E-state index contributed by atoms with van der Waals surface area (Å²) in [5.41, 5.74) is -5.31. The highest BCUT2D eigenvalue weighted by molar-refractivity contribution is 7.92. The molecule has 0 fully saturated rings. The largest absolute Gasteiger partial charge is 0.501 e. The molecule has 6 heteroatoms. The third-order valence-electron chi connectivity index (χ3n) is 3.30. The molecule has 0 amide bonds. The lowest BCUT2D eigenvalue weighted by molar-refractivity contribution is -0.0435. The predicted molar refractivity (Wildman–Crippen MR) is 74.7 cm³/mol. The molecule has 0 atom stereocenters. The SMILES string of the molecule is O=S(=O)(c1cccc2cc3ccccc3cc12)C(F)(F)F. The van der Waals surface area contributed by atoms with Gasteiger partial charge in [-0.2, -0.15) is 13.2 Å². The highest BCUT2D eigenvalue weighted by Crippen LogP contribution is 2.35. The van der Waals surface area contributed by atoms with Gasteiger partial charge in [-0.1, -0.05) is 36.4 Å². The molecule has 0 spiro atoms. The molecule has 0 bridgehead atoms. The number of sulfone groups is 1. The fraction of sp³-hybridized carbons (Fsp3) is 0.0667. The van der Waals surface area contributed by atoms with Gasteiger partial charge in [-0.3, -0.25) is 0 Å². The van der Waals surface area contributed by atoms with Crippen molar-refractivity contribution in [2.75, 3.05) is 0 Å². The van der Waals surface area contributed by atoms with E-state index >= 15 is 0 Å². The first kappa shape index (κ1) is 13.9. The molecule has 3 rings (SSSR count). The maximum Gasteiger partial charge on any atom is 0.501 e. The topological polar surface area (TPSA) is 34.1 Å². The van der Waals surface area contributed by atoms with E-state index in [1.165, 1.54) is 12.1 Å². The summed E-state index contributed by atoms with van der Waals surface area (Å²) >= 11 is 0. The van der Waals surface area contributed by atoms with Crippen LogP contribution in [-0.2, 0) is 9.84 Å². The first-order valence-corrected chi connectivity index (χ1v) is 7.52. The zero-order valence-corrected chi connectivity index (χ0v) is 11.4. The molecule has 0 aliphatic carbocycles. The van der Waals surface area contributed by atoms with Crippen LogP contribution in [-0.4, -0.2) is 13.9 Å². The second-order valence-corrected chi connectivity index (χ2v) is 6.54. The summed E-state index contributed by atoms with van der Waals surface area (Å²) in [6, 6.07) is 14.2. The average molecular weight is 310 g/mol. The third kappa shape index (κ3) is 2.15. The Hall–Kier alpha value is -2.08. The summed E-state index contributed by atoms with van der Waals surface area (Å²) in [6.45, 7) is 0. The molecule has 3 aromatic rings. The third-order valence-corrected chi connectivity index (χ3v) is 4.85. The number of fused-ring (bicyclic) bond motifs is 2. The summed E-state index contributed by atoms with van der Waals surface area (Å²) in [6.07, 6.45) is 0. The Kier molecular flexibility index (Phi) is 2.95. The van der Waals surface area contributed by atoms with Gasteiger partial charge in [0.15, 0.2) is 0 Å². The Morgan fingerprint density at radius 2 is 1.33 bits per heavy atom. The molecule has 0 aromatic heterocycles. The van der Waals surface area contributed by atoms with Crippen molar-refractivity contribution in [3.8, 4) is 0 Å². The fourth-order valence-electron chi connectivity index (χ4n) is 2.30. The van der Waals surface area contributed by atoms with Gasteiger partial charge in [0.1, 0.15) is 0 Å². The number of hydrogen-bond donors (Lipinski definition) is 0. The van der Waals surface area contributed by atoms with Gasteiger partial charge in [-0.05, 0) is 34.4 Å². The summed E-state index contributed by atoms with van der Waals surface area (Å²) < 4.78 is 61.7. The van der Waals surface area contributed by atoms with E-state index in [1.807, 2.05) is 12.1 Å². The van der Waals surface area contributed by atoms with E-state index in [0.717, 1.165) is 11.5 Å². The Morgan fingerprint density at radius 3 is 1.95 bits per heavy atom. The quantitative estimate of drug-likeness (QED) is 0.628. The van der Waals surface area contributed by atoms with Crippen LogP contribution in [0.3, 0.4) is 0 Å². The molecule has 0 unspecified atom stereocenters. The summed E-state index contributed by atoms with van der Waals surface area (Å²) in [5, 5.41) is 2.06. The number of hydrogen-bond acceptors (Lipinski definition) is 2. The second kappa shape index (κ2) is 4.46. The zero-order valence-electron chi connectivity index (χ0n) is 10.6. The maximum absolute atomic E-state index is 12.8. The van der Waals surface area contributed by atoms with E-state index in [4.69, 9.17) is 0 Å². The van der Waals surface area contributed by atoms with Gasteiger partial charge >= 0.3 is 5.51 Å². The Bertz CT molecular complexity index is 944. The second-order valence-electron chi connectivity index (χ2n) is 4.63. The van der Waals surface area contributed by atoms with E-state index in [1.54, 1.807) is 24.3 Å². The molecule has 2 nitrogen and oxygen atoms in total. The minimum Gasteiger partial charge on any atom is -0.214 e. The number of alkyl halides is 3. The highest BCUT2D eigenvalue weighted by atomic mass is 32.2. The van der Waals surface area contributed by atoms with Crippen molar-refractivity contribution in [3.63, 3.8) is 0 Å². The standard InChI is InChI=1S/C15H9F3O2S/c16-15(17,18)21(19,20)14-7-3-6-12-8-10-4-1-2-5-11(10)9-13(12)14/h1-9H. The first-order valence-electron chi connectivity index (χ1n) is 6.03. The van der Waals surface area contributed by atoms with Crippen LogP contribution in [0.4, 0.5) is 13.2 Å². The normalized spacial score (nSPS) is 12.9.